The number of hydrogen-bond donors (Lipinski definition) is 2. The molecule has 1 aromatic carbocycles. The number of amides is 1. The summed E-state index contributed by atoms with van der Waals surface area (Å²) in [5, 5.41) is 7.32. The number of rotatable bonds is 4. The van der Waals surface area contributed by atoms with E-state index < -0.39 is 28.2 Å². The number of anilines is 1. The second-order valence-electron chi connectivity index (χ2n) is 6.59. The molecule has 2 atom stereocenters. The van der Waals surface area contributed by atoms with Gasteiger partial charge in [0.1, 0.15) is 11.8 Å². The van der Waals surface area contributed by atoms with Gasteiger partial charge in [0.2, 0.25) is 5.91 Å². The van der Waals surface area contributed by atoms with Crippen LogP contribution in [0.4, 0.5) is 5.69 Å². The number of halogens is 1. The van der Waals surface area contributed by atoms with E-state index in [9.17, 15) is 13.2 Å². The first-order valence-corrected chi connectivity index (χ1v) is 10.3. The number of carbonyl (C=O) groups is 1. The molecule has 1 amide bonds. The lowest BCUT2D eigenvalue weighted by Crippen LogP contribution is -2.56. The predicted molar refractivity (Wildman–Crippen MR) is 106 cm³/mol. The molecule has 0 radical (unpaired) electrons. The Morgan fingerprint density at radius 1 is 1.39 bits per heavy atom. The summed E-state index contributed by atoms with van der Waals surface area (Å²) in [5.41, 5.74) is 1.93. The van der Waals surface area contributed by atoms with Gasteiger partial charge in [-0.3, -0.25) is 9.48 Å². The maximum absolute atomic E-state index is 12.9. The standard InChI is InChI=1S/C17H22ClN5O4S/c1-10-12(9-19-22(10)2)13-8-15(23(3)28(25,26)21-13)17(24)20-14-7-11(18)5-6-16(14)27-4/h5-7,9,13,15,21H,8H2,1-4H3,(H,20,24)/t13-,15+/m1/s1. The Labute approximate surface area is 168 Å². The summed E-state index contributed by atoms with van der Waals surface area (Å²) < 4.78 is 35.7. The number of methoxy groups -OCH3 is 1. The van der Waals surface area contributed by atoms with Gasteiger partial charge in [-0.15, -0.1) is 0 Å². The van der Waals surface area contributed by atoms with Crippen LogP contribution in [-0.4, -0.2) is 48.6 Å². The lowest BCUT2D eigenvalue weighted by atomic mass is 10.00. The Morgan fingerprint density at radius 2 is 2.11 bits per heavy atom. The summed E-state index contributed by atoms with van der Waals surface area (Å²) >= 11 is 6.01. The van der Waals surface area contributed by atoms with Gasteiger partial charge in [-0.1, -0.05) is 11.6 Å². The number of likely N-dealkylation sites (N-methyl/N-ethyl adjacent to an activating group) is 1. The molecule has 1 saturated heterocycles. The van der Waals surface area contributed by atoms with E-state index in [4.69, 9.17) is 16.3 Å². The van der Waals surface area contributed by atoms with Crippen molar-refractivity contribution in [2.75, 3.05) is 19.5 Å². The third kappa shape index (κ3) is 3.86. The van der Waals surface area contributed by atoms with E-state index in [1.165, 1.54) is 14.2 Å². The third-order valence-electron chi connectivity index (χ3n) is 4.94. The Hall–Kier alpha value is -2.14. The molecule has 28 heavy (non-hydrogen) atoms. The van der Waals surface area contributed by atoms with Gasteiger partial charge >= 0.3 is 0 Å². The molecule has 3 rings (SSSR count). The highest BCUT2D eigenvalue weighted by atomic mass is 35.5. The van der Waals surface area contributed by atoms with E-state index in [0.29, 0.717) is 16.5 Å². The molecule has 9 nitrogen and oxygen atoms in total. The average Bonchev–Trinajstić information content (AvgIpc) is 2.96. The third-order valence-corrected chi connectivity index (χ3v) is 6.77. The number of nitrogens with zero attached hydrogens (tertiary/aromatic N) is 3. The molecular weight excluding hydrogens is 406 g/mol. The summed E-state index contributed by atoms with van der Waals surface area (Å²) in [6, 6.07) is 3.34. The van der Waals surface area contributed by atoms with Crippen LogP contribution in [0.15, 0.2) is 24.4 Å². The second-order valence-corrected chi connectivity index (χ2v) is 8.78. The molecule has 1 aromatic heterocycles. The molecular formula is C17H22ClN5O4S. The highest BCUT2D eigenvalue weighted by Gasteiger charge is 2.41. The molecule has 0 saturated carbocycles. The van der Waals surface area contributed by atoms with Gasteiger partial charge in [0.15, 0.2) is 0 Å². The van der Waals surface area contributed by atoms with Crippen molar-refractivity contribution in [3.05, 3.63) is 40.7 Å². The highest BCUT2D eigenvalue weighted by molar-refractivity contribution is 7.87. The van der Waals surface area contributed by atoms with Crippen LogP contribution in [0.5, 0.6) is 5.75 Å². The highest BCUT2D eigenvalue weighted by Crippen LogP contribution is 2.32. The molecule has 1 aliphatic rings. The lowest BCUT2D eigenvalue weighted by Gasteiger charge is -2.36. The number of benzene rings is 1. The van der Waals surface area contributed by atoms with Crippen LogP contribution in [0.2, 0.25) is 5.02 Å². The molecule has 2 heterocycles. The zero-order chi connectivity index (χ0) is 20.6. The summed E-state index contributed by atoms with van der Waals surface area (Å²) in [6.45, 7) is 1.85. The van der Waals surface area contributed by atoms with Crippen LogP contribution in [0.25, 0.3) is 0 Å². The second kappa shape index (κ2) is 7.70. The first-order valence-electron chi connectivity index (χ1n) is 8.52. The monoisotopic (exact) mass is 427 g/mol. The molecule has 2 aromatic rings. The van der Waals surface area contributed by atoms with Crippen molar-refractivity contribution in [2.45, 2.75) is 25.4 Å². The summed E-state index contributed by atoms with van der Waals surface area (Å²) in [4.78, 5) is 12.9. The van der Waals surface area contributed by atoms with Gasteiger partial charge in [-0.2, -0.15) is 22.5 Å². The predicted octanol–water partition coefficient (Wildman–Crippen LogP) is 1.61. The zero-order valence-electron chi connectivity index (χ0n) is 15.9. The van der Waals surface area contributed by atoms with Gasteiger partial charge in [0.05, 0.1) is 25.0 Å². The molecule has 0 bridgehead atoms. The number of nitrogens with one attached hydrogen (secondary N) is 2. The lowest BCUT2D eigenvalue weighted by molar-refractivity contribution is -0.120. The Bertz CT molecular complexity index is 1010. The number of carbonyl (C=O) groups excluding carboxylic acids is 1. The van der Waals surface area contributed by atoms with Crippen LogP contribution in [0.3, 0.4) is 0 Å². The fraction of sp³-hybridized carbons (Fsp3) is 0.412. The van der Waals surface area contributed by atoms with Crippen LogP contribution in [0.1, 0.15) is 23.7 Å². The van der Waals surface area contributed by atoms with Gasteiger partial charge in [-0.25, -0.2) is 0 Å². The first-order chi connectivity index (χ1) is 13.1. The molecule has 11 heteroatoms. The number of aromatic nitrogens is 2. The van der Waals surface area contributed by atoms with Crippen molar-refractivity contribution < 1.29 is 17.9 Å². The fourth-order valence-electron chi connectivity index (χ4n) is 3.16. The molecule has 152 valence electrons. The van der Waals surface area contributed by atoms with Gasteiger partial charge in [0, 0.05) is 30.4 Å². The van der Waals surface area contributed by atoms with E-state index in [-0.39, 0.29) is 6.42 Å². The Balaban J connectivity index is 1.90. The quantitative estimate of drug-likeness (QED) is 0.771. The van der Waals surface area contributed by atoms with Crippen molar-refractivity contribution in [2.24, 2.45) is 7.05 Å². The maximum atomic E-state index is 12.9. The van der Waals surface area contributed by atoms with Crippen LogP contribution >= 0.6 is 11.6 Å². The van der Waals surface area contributed by atoms with E-state index in [1.807, 2.05) is 6.92 Å². The van der Waals surface area contributed by atoms with Crippen LogP contribution in [-0.2, 0) is 22.1 Å². The van der Waals surface area contributed by atoms with Crippen LogP contribution < -0.4 is 14.8 Å². The maximum Gasteiger partial charge on any atom is 0.280 e. The van der Waals surface area contributed by atoms with E-state index in [0.717, 1.165) is 15.6 Å². The van der Waals surface area contributed by atoms with E-state index in [2.05, 4.69) is 15.1 Å². The summed E-state index contributed by atoms with van der Waals surface area (Å²) in [5.74, 6) is -0.0449. The molecule has 0 spiro atoms. The fourth-order valence-corrected chi connectivity index (χ4v) is 4.60. The largest absolute Gasteiger partial charge is 0.495 e. The number of hydrogen-bond acceptors (Lipinski definition) is 5. The minimum Gasteiger partial charge on any atom is -0.495 e. The molecule has 2 N–H and O–H groups in total. The van der Waals surface area contributed by atoms with Gasteiger partial charge < -0.3 is 10.1 Å². The van der Waals surface area contributed by atoms with Crippen molar-refractivity contribution in [1.29, 1.82) is 0 Å². The zero-order valence-corrected chi connectivity index (χ0v) is 17.5. The van der Waals surface area contributed by atoms with Crippen molar-refractivity contribution >= 4 is 33.4 Å². The van der Waals surface area contributed by atoms with Crippen molar-refractivity contribution in [3.8, 4) is 5.75 Å². The molecule has 0 aliphatic carbocycles. The molecule has 1 aliphatic heterocycles. The number of aryl methyl sites for hydroxylation is 1. The topological polar surface area (TPSA) is 106 Å². The molecule has 1 fully saturated rings. The Morgan fingerprint density at radius 3 is 2.71 bits per heavy atom. The number of ether oxygens (including phenoxy) is 1. The van der Waals surface area contributed by atoms with E-state index in [1.54, 1.807) is 36.1 Å². The minimum absolute atomic E-state index is 0.247. The minimum atomic E-state index is -3.85. The average molecular weight is 428 g/mol. The Kier molecular flexibility index (Phi) is 5.67. The van der Waals surface area contributed by atoms with Crippen LogP contribution in [0, 0.1) is 6.92 Å². The van der Waals surface area contributed by atoms with E-state index >= 15 is 0 Å². The SMILES string of the molecule is COc1ccc(Cl)cc1NC(=O)[C@@H]1C[C@H](c2cnn(C)c2C)NS(=O)(=O)N1C. The van der Waals surface area contributed by atoms with Gasteiger partial charge in [0.25, 0.3) is 10.2 Å². The normalized spacial score (nSPS) is 22.0. The van der Waals surface area contributed by atoms with Crippen molar-refractivity contribution in [1.82, 2.24) is 18.8 Å². The summed E-state index contributed by atoms with van der Waals surface area (Å²) in [7, 11) is 0.770. The van der Waals surface area contributed by atoms with Crippen molar-refractivity contribution in [3.63, 3.8) is 0 Å². The van der Waals surface area contributed by atoms with Gasteiger partial charge in [-0.05, 0) is 31.5 Å². The first kappa shape index (κ1) is 20.6. The summed E-state index contributed by atoms with van der Waals surface area (Å²) in [6.07, 6.45) is 1.86. The molecule has 0 unspecified atom stereocenters. The smallest absolute Gasteiger partial charge is 0.280 e.